The summed E-state index contributed by atoms with van der Waals surface area (Å²) in [6, 6.07) is 14.8. The molecule has 1 heterocycles. The Balaban J connectivity index is 2.04. The predicted molar refractivity (Wildman–Crippen MR) is 96.9 cm³/mol. The Morgan fingerprint density at radius 1 is 1.05 bits per heavy atom. The van der Waals surface area contributed by atoms with Crippen LogP contribution in [-0.4, -0.2) is 5.54 Å². The van der Waals surface area contributed by atoms with Crippen molar-refractivity contribution in [2.75, 3.05) is 10.6 Å². The Morgan fingerprint density at radius 2 is 1.77 bits per heavy atom. The lowest BCUT2D eigenvalue weighted by Crippen LogP contribution is -2.32. The molecule has 0 saturated heterocycles. The van der Waals surface area contributed by atoms with Gasteiger partial charge in [-0.25, -0.2) is 0 Å². The van der Waals surface area contributed by atoms with E-state index < -0.39 is 0 Å². The monoisotopic (exact) mass is 292 g/mol. The maximum atomic E-state index is 3.67. The summed E-state index contributed by atoms with van der Waals surface area (Å²) < 4.78 is 0. The van der Waals surface area contributed by atoms with Crippen molar-refractivity contribution in [3.05, 3.63) is 59.7 Å². The quantitative estimate of drug-likeness (QED) is 0.769. The fraction of sp³-hybridized carbons (Fsp3) is 0.300. The van der Waals surface area contributed by atoms with Gasteiger partial charge >= 0.3 is 0 Å². The molecule has 0 aliphatic carbocycles. The van der Waals surface area contributed by atoms with Crippen molar-refractivity contribution < 1.29 is 0 Å². The third kappa shape index (κ3) is 2.87. The minimum atomic E-state index is 0.00930. The van der Waals surface area contributed by atoms with Crippen LogP contribution in [0, 0.1) is 0 Å². The third-order valence-electron chi connectivity index (χ3n) is 4.11. The largest absolute Gasteiger partial charge is 0.376 e. The summed E-state index contributed by atoms with van der Waals surface area (Å²) in [5, 5.41) is 7.19. The maximum Gasteiger partial charge on any atom is 0.0506 e. The molecule has 0 radical (unpaired) electrons. The van der Waals surface area contributed by atoms with E-state index in [0.29, 0.717) is 0 Å². The van der Waals surface area contributed by atoms with Crippen molar-refractivity contribution in [1.82, 2.24) is 0 Å². The van der Waals surface area contributed by atoms with Crippen LogP contribution in [0.5, 0.6) is 0 Å². The molecule has 2 nitrogen and oxygen atoms in total. The van der Waals surface area contributed by atoms with Crippen molar-refractivity contribution in [3.8, 4) is 0 Å². The summed E-state index contributed by atoms with van der Waals surface area (Å²) in [6.45, 7) is 8.85. The van der Waals surface area contributed by atoms with Crippen molar-refractivity contribution in [3.63, 3.8) is 0 Å². The summed E-state index contributed by atoms with van der Waals surface area (Å²) >= 11 is 0. The first kappa shape index (κ1) is 14.7. The van der Waals surface area contributed by atoms with Crippen LogP contribution in [0.4, 0.5) is 17.1 Å². The smallest absolute Gasteiger partial charge is 0.0506 e. The van der Waals surface area contributed by atoms with Crippen LogP contribution in [0.25, 0.3) is 5.57 Å². The summed E-state index contributed by atoms with van der Waals surface area (Å²) in [5.74, 6) is 0. The molecule has 0 unspecified atom stereocenters. The molecule has 0 spiro atoms. The van der Waals surface area contributed by atoms with Gasteiger partial charge in [0, 0.05) is 22.6 Å². The van der Waals surface area contributed by atoms with E-state index in [1.165, 1.54) is 22.4 Å². The highest BCUT2D eigenvalue weighted by Gasteiger charge is 2.24. The number of benzene rings is 2. The van der Waals surface area contributed by atoms with E-state index >= 15 is 0 Å². The van der Waals surface area contributed by atoms with Gasteiger partial charge in [0.05, 0.1) is 5.54 Å². The van der Waals surface area contributed by atoms with Crippen LogP contribution >= 0.6 is 0 Å². The fourth-order valence-electron chi connectivity index (χ4n) is 3.18. The van der Waals surface area contributed by atoms with Crippen LogP contribution in [0.3, 0.4) is 0 Å². The lowest BCUT2D eigenvalue weighted by Gasteiger charge is -2.33. The molecule has 0 fully saturated rings. The summed E-state index contributed by atoms with van der Waals surface area (Å²) in [4.78, 5) is 0. The number of hydrogen-bond donors (Lipinski definition) is 2. The molecule has 0 bridgehead atoms. The second-order valence-electron chi connectivity index (χ2n) is 6.58. The fourth-order valence-corrected chi connectivity index (χ4v) is 3.18. The minimum absolute atomic E-state index is 0.00930. The lowest BCUT2D eigenvalue weighted by atomic mass is 9.88. The van der Waals surface area contributed by atoms with Gasteiger partial charge in [0.25, 0.3) is 0 Å². The van der Waals surface area contributed by atoms with Gasteiger partial charge < -0.3 is 10.6 Å². The second-order valence-corrected chi connectivity index (χ2v) is 6.58. The van der Waals surface area contributed by atoms with E-state index in [0.717, 1.165) is 17.8 Å². The molecule has 2 N–H and O–H groups in total. The molecule has 2 aromatic carbocycles. The number of para-hydroxylation sites is 1. The van der Waals surface area contributed by atoms with Crippen molar-refractivity contribution in [2.24, 2.45) is 0 Å². The molecule has 0 saturated carbocycles. The summed E-state index contributed by atoms with van der Waals surface area (Å²) in [7, 11) is 0. The molecule has 2 aromatic rings. The molecule has 1 aliphatic rings. The zero-order valence-corrected chi connectivity index (χ0v) is 13.8. The van der Waals surface area contributed by atoms with E-state index in [1.807, 2.05) is 6.07 Å². The number of fused-ring (bicyclic) bond motifs is 1. The standard InChI is InChI=1S/C20H24N2/c1-5-15-11-17(21-16-9-7-6-8-10-16)12-18-14(2)13-20(3,4)22-19(15)18/h6-13,21-22H,5H2,1-4H3. The topological polar surface area (TPSA) is 24.1 Å². The van der Waals surface area contributed by atoms with E-state index in [4.69, 9.17) is 0 Å². The lowest BCUT2D eigenvalue weighted by molar-refractivity contribution is 0.705. The number of allylic oxidation sites excluding steroid dienone is 1. The molecule has 22 heavy (non-hydrogen) atoms. The van der Waals surface area contributed by atoms with Gasteiger partial charge in [-0.1, -0.05) is 31.2 Å². The molecule has 3 rings (SSSR count). The van der Waals surface area contributed by atoms with Crippen molar-refractivity contribution in [1.29, 1.82) is 0 Å². The zero-order chi connectivity index (χ0) is 15.7. The van der Waals surface area contributed by atoms with E-state index in [2.05, 4.69) is 80.8 Å². The van der Waals surface area contributed by atoms with Crippen LogP contribution < -0.4 is 10.6 Å². The number of anilines is 3. The van der Waals surface area contributed by atoms with Gasteiger partial charge in [-0.05, 0) is 62.6 Å². The number of nitrogens with one attached hydrogen (secondary N) is 2. The van der Waals surface area contributed by atoms with Crippen LogP contribution in [0.1, 0.15) is 38.8 Å². The first-order valence-electron chi connectivity index (χ1n) is 7.95. The average molecular weight is 292 g/mol. The molecule has 0 aromatic heterocycles. The Kier molecular flexibility index (Phi) is 3.69. The van der Waals surface area contributed by atoms with E-state index in [-0.39, 0.29) is 5.54 Å². The second kappa shape index (κ2) is 5.53. The normalized spacial score (nSPS) is 15.5. The van der Waals surface area contributed by atoms with Gasteiger partial charge in [-0.3, -0.25) is 0 Å². The first-order chi connectivity index (χ1) is 10.5. The van der Waals surface area contributed by atoms with Gasteiger partial charge in [-0.15, -0.1) is 0 Å². The van der Waals surface area contributed by atoms with Gasteiger partial charge in [0.1, 0.15) is 0 Å². The molecule has 2 heteroatoms. The summed E-state index contributed by atoms with van der Waals surface area (Å²) in [5.41, 5.74) is 7.56. The Labute approximate surface area is 133 Å². The highest BCUT2D eigenvalue weighted by molar-refractivity contribution is 5.85. The van der Waals surface area contributed by atoms with Crippen molar-refractivity contribution >= 4 is 22.6 Å². The van der Waals surface area contributed by atoms with E-state index in [1.54, 1.807) is 0 Å². The Hall–Kier alpha value is -2.22. The zero-order valence-electron chi connectivity index (χ0n) is 13.8. The maximum absolute atomic E-state index is 3.67. The van der Waals surface area contributed by atoms with Crippen molar-refractivity contribution in [2.45, 2.75) is 39.7 Å². The summed E-state index contributed by atoms with van der Waals surface area (Å²) in [6.07, 6.45) is 3.32. The Bertz CT molecular complexity index is 712. The van der Waals surface area contributed by atoms with E-state index in [9.17, 15) is 0 Å². The highest BCUT2D eigenvalue weighted by Crippen LogP contribution is 2.38. The number of hydrogen-bond acceptors (Lipinski definition) is 2. The van der Waals surface area contributed by atoms with Gasteiger partial charge in [0.2, 0.25) is 0 Å². The molecular weight excluding hydrogens is 268 g/mol. The Morgan fingerprint density at radius 3 is 2.45 bits per heavy atom. The molecule has 1 aliphatic heterocycles. The average Bonchev–Trinajstić information content (AvgIpc) is 2.47. The van der Waals surface area contributed by atoms with Gasteiger partial charge in [0.15, 0.2) is 0 Å². The third-order valence-corrected chi connectivity index (χ3v) is 4.11. The molecular formula is C20H24N2. The first-order valence-corrected chi connectivity index (χ1v) is 7.95. The molecule has 0 amide bonds. The van der Waals surface area contributed by atoms with Crippen LogP contribution in [-0.2, 0) is 6.42 Å². The molecule has 0 atom stereocenters. The number of aryl methyl sites for hydroxylation is 1. The highest BCUT2D eigenvalue weighted by atomic mass is 15.0. The predicted octanol–water partition coefficient (Wildman–Crippen LogP) is 5.60. The van der Waals surface area contributed by atoms with Gasteiger partial charge in [-0.2, -0.15) is 0 Å². The molecule has 114 valence electrons. The van der Waals surface area contributed by atoms with Crippen LogP contribution in [0.15, 0.2) is 48.5 Å². The van der Waals surface area contributed by atoms with Crippen LogP contribution in [0.2, 0.25) is 0 Å². The minimum Gasteiger partial charge on any atom is -0.376 e. The SMILES string of the molecule is CCc1cc(Nc2ccccc2)cc2c1NC(C)(C)C=C2C. The number of rotatable bonds is 3.